The molecule has 1 saturated heterocycles. The van der Waals surface area contributed by atoms with E-state index in [1.165, 1.54) is 0 Å². The Morgan fingerprint density at radius 1 is 1.31 bits per heavy atom. The summed E-state index contributed by atoms with van der Waals surface area (Å²) < 4.78 is 11.8. The summed E-state index contributed by atoms with van der Waals surface area (Å²) in [6.45, 7) is 4.30. The number of carbonyl (C=O) groups excluding carboxylic acids is 1. The zero-order chi connectivity index (χ0) is 18.7. The van der Waals surface area contributed by atoms with Crippen molar-refractivity contribution in [2.75, 3.05) is 34.4 Å². The van der Waals surface area contributed by atoms with Gasteiger partial charge >= 0.3 is 0 Å². The molecule has 140 valence electrons. The largest absolute Gasteiger partial charge is 0.504 e. The number of phenolic OH excluding ortho intramolecular Hbond substituents is 1. The molecule has 1 aromatic rings. The van der Waals surface area contributed by atoms with Crippen molar-refractivity contribution in [1.29, 1.82) is 0 Å². The molecule has 1 aliphatic heterocycles. The van der Waals surface area contributed by atoms with Crippen LogP contribution in [0.15, 0.2) is 24.0 Å². The molecule has 5 nitrogen and oxygen atoms in total. The Balaban J connectivity index is 1.98. The van der Waals surface area contributed by atoms with Gasteiger partial charge < -0.3 is 19.1 Å². The Kier molecular flexibility index (Phi) is 3.85. The molecule has 1 aromatic carbocycles. The minimum absolute atomic E-state index is 0.0326. The number of ether oxygens (including phenoxy) is 2. The number of methoxy groups -OCH3 is 2. The fraction of sp³-hybridized carbons (Fsp3) is 0.571. The van der Waals surface area contributed by atoms with Gasteiger partial charge in [-0.1, -0.05) is 6.07 Å². The zero-order valence-electron chi connectivity index (χ0n) is 16.0. The highest BCUT2D eigenvalue weighted by molar-refractivity contribution is 5.96. The van der Waals surface area contributed by atoms with Crippen LogP contribution in [0.4, 0.5) is 0 Å². The molecule has 4 atom stereocenters. The molecule has 1 unspecified atom stereocenters. The smallest absolute Gasteiger partial charge is 0.197 e. The third kappa shape index (κ3) is 2.10. The maximum absolute atomic E-state index is 12.8. The van der Waals surface area contributed by atoms with Gasteiger partial charge in [-0.15, -0.1) is 0 Å². The average Bonchev–Trinajstić information content (AvgIpc) is 2.64. The normalized spacial score (nSPS) is 35.2. The Hall–Kier alpha value is -2.01. The number of fused-ring (bicyclic) bond motifs is 1. The number of piperidine rings is 1. The van der Waals surface area contributed by atoms with Crippen molar-refractivity contribution in [3.8, 4) is 11.5 Å². The monoisotopic (exact) mass is 358 g/mol. The summed E-state index contributed by atoms with van der Waals surface area (Å²) in [5, 5.41) is 11.0. The van der Waals surface area contributed by atoms with Gasteiger partial charge in [0.05, 0.1) is 34.4 Å². The first-order chi connectivity index (χ1) is 12.4. The van der Waals surface area contributed by atoms with Crippen LogP contribution in [-0.4, -0.2) is 55.8 Å². The van der Waals surface area contributed by atoms with Gasteiger partial charge in [-0.3, -0.25) is 4.79 Å². The Labute approximate surface area is 154 Å². The molecule has 2 bridgehead atoms. The molecular formula is C21H28NO4+. The molecule has 0 aromatic heterocycles. The molecule has 2 aliphatic carbocycles. The van der Waals surface area contributed by atoms with Crippen molar-refractivity contribution in [2.45, 2.75) is 37.6 Å². The van der Waals surface area contributed by atoms with Crippen molar-refractivity contribution < 1.29 is 23.9 Å². The van der Waals surface area contributed by atoms with Crippen LogP contribution in [-0.2, 0) is 21.4 Å². The van der Waals surface area contributed by atoms with Gasteiger partial charge in [-0.2, -0.15) is 0 Å². The molecule has 5 heteroatoms. The van der Waals surface area contributed by atoms with E-state index in [1.54, 1.807) is 14.2 Å². The van der Waals surface area contributed by atoms with Crippen molar-refractivity contribution in [2.24, 2.45) is 5.92 Å². The lowest BCUT2D eigenvalue weighted by atomic mass is 9.53. The van der Waals surface area contributed by atoms with Crippen LogP contribution >= 0.6 is 0 Å². The first kappa shape index (κ1) is 17.4. The summed E-state index contributed by atoms with van der Waals surface area (Å²) in [5.74, 6) is 1.39. The summed E-state index contributed by atoms with van der Waals surface area (Å²) in [5.41, 5.74) is 1.73. The van der Waals surface area contributed by atoms with Crippen molar-refractivity contribution >= 4 is 5.78 Å². The van der Waals surface area contributed by atoms with Crippen LogP contribution in [0.5, 0.6) is 11.5 Å². The Morgan fingerprint density at radius 2 is 2.08 bits per heavy atom. The van der Waals surface area contributed by atoms with Crippen molar-refractivity contribution in [3.63, 3.8) is 0 Å². The molecule has 0 spiro atoms. The number of Topliss-reactive ketones (excluding diaryl/α,β-unsaturated/α-hetero) is 1. The number of hydrogen-bond acceptors (Lipinski definition) is 4. The molecule has 0 saturated carbocycles. The van der Waals surface area contributed by atoms with Gasteiger partial charge in [-0.05, 0) is 24.6 Å². The van der Waals surface area contributed by atoms with E-state index in [0.717, 1.165) is 41.5 Å². The first-order valence-corrected chi connectivity index (χ1v) is 9.42. The van der Waals surface area contributed by atoms with Crippen molar-refractivity contribution in [1.82, 2.24) is 0 Å². The van der Waals surface area contributed by atoms with Crippen molar-refractivity contribution in [3.05, 3.63) is 35.1 Å². The summed E-state index contributed by atoms with van der Waals surface area (Å²) >= 11 is 0. The van der Waals surface area contributed by atoms with Gasteiger partial charge in [0.2, 0.25) is 0 Å². The molecule has 26 heavy (non-hydrogen) atoms. The quantitative estimate of drug-likeness (QED) is 0.844. The maximum Gasteiger partial charge on any atom is 0.197 e. The lowest BCUT2D eigenvalue weighted by Gasteiger charge is -2.59. The lowest BCUT2D eigenvalue weighted by molar-refractivity contribution is -0.942. The number of likely N-dealkylation sites (tertiary alicyclic amines) is 1. The predicted molar refractivity (Wildman–Crippen MR) is 98.2 cm³/mol. The predicted octanol–water partition coefficient (Wildman–Crippen LogP) is 2.55. The minimum Gasteiger partial charge on any atom is -0.504 e. The maximum atomic E-state index is 12.8. The van der Waals surface area contributed by atoms with Gasteiger partial charge in [0.15, 0.2) is 23.0 Å². The molecule has 1 N–H and O–H groups in total. The zero-order valence-corrected chi connectivity index (χ0v) is 16.0. The summed E-state index contributed by atoms with van der Waals surface area (Å²) in [4.78, 5) is 12.8. The van der Waals surface area contributed by atoms with E-state index in [2.05, 4.69) is 20.0 Å². The van der Waals surface area contributed by atoms with Crippen LogP contribution in [0, 0.1) is 5.92 Å². The average molecular weight is 358 g/mol. The Morgan fingerprint density at radius 3 is 2.73 bits per heavy atom. The third-order valence-electron chi connectivity index (χ3n) is 7.32. The van der Waals surface area contributed by atoms with E-state index in [-0.39, 0.29) is 22.9 Å². The van der Waals surface area contributed by atoms with Crippen LogP contribution in [0.1, 0.15) is 30.9 Å². The SMILES string of the molecule is CC[N+]1(C)CC[C@]23CC(=O)C(OC)=C[C@H]2[C@H]1Cc1ccc(OC)c(O)c13. The topological polar surface area (TPSA) is 55.8 Å². The van der Waals surface area contributed by atoms with E-state index in [1.807, 2.05) is 12.1 Å². The number of allylic oxidation sites excluding steroid dienone is 1. The summed E-state index contributed by atoms with van der Waals surface area (Å²) in [6, 6.07) is 4.30. The number of carbonyl (C=O) groups is 1. The third-order valence-corrected chi connectivity index (χ3v) is 7.32. The van der Waals surface area contributed by atoms with Gasteiger partial charge in [-0.25, -0.2) is 0 Å². The number of hydrogen-bond donors (Lipinski definition) is 1. The van der Waals surface area contributed by atoms with Gasteiger partial charge in [0, 0.05) is 36.2 Å². The number of nitrogens with zero attached hydrogens (tertiary/aromatic N) is 1. The number of likely N-dealkylation sites (N-methyl/N-ethyl adjacent to an activating group) is 1. The number of rotatable bonds is 3. The van der Waals surface area contributed by atoms with E-state index in [0.29, 0.717) is 24.0 Å². The summed E-state index contributed by atoms with van der Waals surface area (Å²) in [7, 11) is 5.46. The van der Waals surface area contributed by atoms with Gasteiger partial charge in [0.1, 0.15) is 6.04 Å². The molecule has 0 radical (unpaired) electrons. The fourth-order valence-electron chi connectivity index (χ4n) is 5.68. The number of phenols is 1. The second kappa shape index (κ2) is 5.74. The van der Waals surface area contributed by atoms with Crippen LogP contribution < -0.4 is 4.74 Å². The number of benzene rings is 1. The summed E-state index contributed by atoms with van der Waals surface area (Å²) in [6.07, 6.45) is 4.21. The molecule has 1 fully saturated rings. The van der Waals surface area contributed by atoms with Gasteiger partial charge in [0.25, 0.3) is 0 Å². The van der Waals surface area contributed by atoms with E-state index >= 15 is 0 Å². The first-order valence-electron chi connectivity index (χ1n) is 9.42. The number of ketones is 1. The van der Waals surface area contributed by atoms with Crippen LogP contribution in [0.3, 0.4) is 0 Å². The standard InChI is InChI=1S/C21H27NO4/c1-5-22(2)9-8-21-12-16(23)18(26-4)11-14(21)15(22)10-13-6-7-17(25-3)20(24)19(13)21/h6-7,11,14-15H,5,8-10,12H2,1-4H3/p+1/t14-,15+,21-,22?/m0/s1. The number of aromatic hydroxyl groups is 1. The molecule has 4 rings (SSSR count). The van der Waals surface area contributed by atoms with Crippen LogP contribution in [0.25, 0.3) is 0 Å². The van der Waals surface area contributed by atoms with Crippen LogP contribution in [0.2, 0.25) is 0 Å². The Bertz CT molecular complexity index is 801. The molecular weight excluding hydrogens is 330 g/mol. The minimum atomic E-state index is -0.358. The molecule has 3 aliphatic rings. The van der Waals surface area contributed by atoms with E-state index in [4.69, 9.17) is 9.47 Å². The highest BCUT2D eigenvalue weighted by atomic mass is 16.5. The highest BCUT2D eigenvalue weighted by Crippen LogP contribution is 2.58. The lowest BCUT2D eigenvalue weighted by Crippen LogP contribution is -2.68. The molecule has 0 amide bonds. The van der Waals surface area contributed by atoms with E-state index in [9.17, 15) is 9.90 Å². The second-order valence-electron chi connectivity index (χ2n) is 8.21. The number of quaternary nitrogens is 1. The fourth-order valence-corrected chi connectivity index (χ4v) is 5.68. The second-order valence-corrected chi connectivity index (χ2v) is 8.21. The molecule has 1 heterocycles. The van der Waals surface area contributed by atoms with E-state index < -0.39 is 0 Å². The highest BCUT2D eigenvalue weighted by Gasteiger charge is 2.61.